The van der Waals surface area contributed by atoms with Crippen LogP contribution in [-0.4, -0.2) is 40.0 Å². The molecule has 1 spiro atoms. The Labute approximate surface area is 146 Å². The largest absolute Gasteiger partial charge is 0.360 e. The van der Waals surface area contributed by atoms with E-state index < -0.39 is 11.6 Å². The van der Waals surface area contributed by atoms with Crippen LogP contribution in [0.3, 0.4) is 0 Å². The summed E-state index contributed by atoms with van der Waals surface area (Å²) >= 11 is 0. The van der Waals surface area contributed by atoms with Gasteiger partial charge in [-0.25, -0.2) is 4.79 Å². The van der Waals surface area contributed by atoms with Gasteiger partial charge in [-0.05, 0) is 19.8 Å². The van der Waals surface area contributed by atoms with Crippen molar-refractivity contribution in [1.82, 2.24) is 15.4 Å². The van der Waals surface area contributed by atoms with Crippen molar-refractivity contribution in [3.05, 3.63) is 11.8 Å². The van der Waals surface area contributed by atoms with E-state index in [1.54, 1.807) is 13.0 Å². The maximum absolute atomic E-state index is 12.8. The molecule has 1 saturated carbocycles. The van der Waals surface area contributed by atoms with E-state index >= 15 is 0 Å². The summed E-state index contributed by atoms with van der Waals surface area (Å²) in [6.07, 6.45) is 6.62. The van der Waals surface area contributed by atoms with Crippen LogP contribution in [0.1, 0.15) is 57.1 Å². The number of nitrogens with one attached hydrogen (secondary N) is 2. The Balaban J connectivity index is 1.57. The highest BCUT2D eigenvalue weighted by atomic mass is 16.5. The first-order valence-electron chi connectivity index (χ1n) is 8.87. The van der Waals surface area contributed by atoms with Gasteiger partial charge in [0.15, 0.2) is 5.82 Å². The first-order valence-corrected chi connectivity index (χ1v) is 8.87. The Kier molecular flexibility index (Phi) is 5.06. The number of carbonyl (C=O) groups is 3. The predicted octanol–water partition coefficient (Wildman–Crippen LogP) is 2.35. The van der Waals surface area contributed by atoms with Gasteiger partial charge in [0.1, 0.15) is 11.3 Å². The highest BCUT2D eigenvalue weighted by Gasteiger charge is 2.50. The van der Waals surface area contributed by atoms with Crippen molar-refractivity contribution in [3.8, 4) is 0 Å². The zero-order valence-corrected chi connectivity index (χ0v) is 14.5. The number of hydrogen-bond donors (Lipinski definition) is 2. The van der Waals surface area contributed by atoms with Crippen LogP contribution in [0.2, 0.25) is 0 Å². The molecule has 1 saturated heterocycles. The first-order chi connectivity index (χ1) is 12.0. The van der Waals surface area contributed by atoms with Gasteiger partial charge in [-0.1, -0.05) is 37.3 Å². The van der Waals surface area contributed by atoms with Crippen LogP contribution in [0.4, 0.5) is 10.6 Å². The predicted molar refractivity (Wildman–Crippen MR) is 89.8 cm³/mol. The fourth-order valence-electron chi connectivity index (χ4n) is 3.57. The van der Waals surface area contributed by atoms with E-state index in [1.165, 1.54) is 11.3 Å². The maximum atomic E-state index is 12.8. The Morgan fingerprint density at radius 2 is 1.96 bits per heavy atom. The number of imide groups is 1. The number of aryl methyl sites for hydroxylation is 1. The topological polar surface area (TPSA) is 105 Å². The molecule has 3 rings (SSSR count). The molecule has 1 aliphatic carbocycles. The quantitative estimate of drug-likeness (QED) is 0.813. The zero-order chi connectivity index (χ0) is 17.9. The summed E-state index contributed by atoms with van der Waals surface area (Å²) in [5, 5.41) is 9.17. The number of urea groups is 1. The normalized spacial score (nSPS) is 20.3. The molecule has 2 heterocycles. The van der Waals surface area contributed by atoms with Crippen LogP contribution >= 0.6 is 0 Å². The van der Waals surface area contributed by atoms with Gasteiger partial charge >= 0.3 is 6.03 Å². The Hall–Kier alpha value is -2.38. The fraction of sp³-hybridized carbons (Fsp3) is 0.647. The second-order valence-electron chi connectivity index (χ2n) is 6.86. The van der Waals surface area contributed by atoms with Gasteiger partial charge in [0, 0.05) is 19.0 Å². The number of carbonyl (C=O) groups excluding carboxylic acids is 3. The minimum atomic E-state index is -0.767. The molecule has 0 bridgehead atoms. The molecule has 1 aliphatic heterocycles. The summed E-state index contributed by atoms with van der Waals surface area (Å²) in [6.45, 7) is 1.79. The lowest BCUT2D eigenvalue weighted by atomic mass is 9.84. The van der Waals surface area contributed by atoms with E-state index in [2.05, 4.69) is 15.8 Å². The van der Waals surface area contributed by atoms with Crippen LogP contribution in [0.25, 0.3) is 0 Å². The monoisotopic (exact) mass is 348 g/mol. The number of nitrogens with zero attached hydrogens (tertiary/aromatic N) is 2. The van der Waals surface area contributed by atoms with Crippen molar-refractivity contribution >= 4 is 23.7 Å². The highest BCUT2D eigenvalue weighted by molar-refractivity contribution is 6.07. The van der Waals surface area contributed by atoms with E-state index in [4.69, 9.17) is 4.52 Å². The van der Waals surface area contributed by atoms with Gasteiger partial charge in [0.25, 0.3) is 5.91 Å². The maximum Gasteiger partial charge on any atom is 0.325 e. The smallest absolute Gasteiger partial charge is 0.325 e. The fourth-order valence-corrected chi connectivity index (χ4v) is 3.57. The molecule has 0 aromatic carbocycles. The standard InChI is InChI=1S/C17H24N4O4/c1-12-11-13(20-25-12)18-14(22)7-10-21-15(23)17(19-16(21)24)8-5-3-2-4-6-9-17/h11H,2-10H2,1H3,(H,19,24)(H,18,20,22). The Bertz CT molecular complexity index is 661. The molecular formula is C17H24N4O4. The molecule has 136 valence electrons. The summed E-state index contributed by atoms with van der Waals surface area (Å²) in [5.74, 6) is 0.420. The zero-order valence-electron chi connectivity index (χ0n) is 14.5. The summed E-state index contributed by atoms with van der Waals surface area (Å²) < 4.78 is 4.88. The number of aromatic nitrogens is 1. The van der Waals surface area contributed by atoms with Crippen molar-refractivity contribution in [2.24, 2.45) is 0 Å². The number of amides is 4. The van der Waals surface area contributed by atoms with Crippen molar-refractivity contribution in [2.75, 3.05) is 11.9 Å². The molecule has 1 aromatic rings. The van der Waals surface area contributed by atoms with Crippen molar-refractivity contribution in [1.29, 1.82) is 0 Å². The number of anilines is 1. The lowest BCUT2D eigenvalue weighted by Crippen LogP contribution is -2.47. The van der Waals surface area contributed by atoms with Gasteiger partial charge in [-0.2, -0.15) is 0 Å². The minimum Gasteiger partial charge on any atom is -0.360 e. The van der Waals surface area contributed by atoms with Gasteiger partial charge < -0.3 is 15.2 Å². The van der Waals surface area contributed by atoms with E-state index in [0.717, 1.165) is 25.7 Å². The van der Waals surface area contributed by atoms with E-state index in [0.29, 0.717) is 24.4 Å². The molecule has 0 radical (unpaired) electrons. The Morgan fingerprint density at radius 1 is 1.28 bits per heavy atom. The van der Waals surface area contributed by atoms with Crippen LogP contribution in [-0.2, 0) is 9.59 Å². The van der Waals surface area contributed by atoms with Gasteiger partial charge in [0.05, 0.1) is 0 Å². The van der Waals surface area contributed by atoms with E-state index in [1.807, 2.05) is 0 Å². The summed E-state index contributed by atoms with van der Waals surface area (Å²) in [4.78, 5) is 38.3. The molecule has 0 unspecified atom stereocenters. The number of rotatable bonds is 4. The summed E-state index contributed by atoms with van der Waals surface area (Å²) in [6, 6.07) is 1.21. The first kappa shape index (κ1) is 17.4. The minimum absolute atomic E-state index is 0.0289. The summed E-state index contributed by atoms with van der Waals surface area (Å²) in [5.41, 5.74) is -0.767. The molecule has 2 fully saturated rings. The molecule has 4 amide bonds. The van der Waals surface area contributed by atoms with Crippen molar-refractivity contribution in [2.45, 2.75) is 63.8 Å². The molecule has 0 atom stereocenters. The molecular weight excluding hydrogens is 324 g/mol. The number of hydrogen-bond acceptors (Lipinski definition) is 5. The van der Waals surface area contributed by atoms with E-state index in [-0.39, 0.29) is 24.8 Å². The van der Waals surface area contributed by atoms with Crippen molar-refractivity contribution < 1.29 is 18.9 Å². The second kappa shape index (κ2) is 7.25. The Morgan fingerprint density at radius 3 is 2.60 bits per heavy atom. The molecule has 8 nitrogen and oxygen atoms in total. The third kappa shape index (κ3) is 3.83. The summed E-state index contributed by atoms with van der Waals surface area (Å²) in [7, 11) is 0. The van der Waals surface area contributed by atoms with Crippen LogP contribution in [0.15, 0.2) is 10.6 Å². The van der Waals surface area contributed by atoms with Gasteiger partial charge in [0.2, 0.25) is 5.91 Å². The highest BCUT2D eigenvalue weighted by Crippen LogP contribution is 2.32. The molecule has 2 aliphatic rings. The lowest BCUT2D eigenvalue weighted by molar-refractivity contribution is -0.132. The third-order valence-corrected chi connectivity index (χ3v) is 4.91. The van der Waals surface area contributed by atoms with Gasteiger partial charge in [-0.15, -0.1) is 0 Å². The van der Waals surface area contributed by atoms with Crippen LogP contribution in [0, 0.1) is 6.92 Å². The second-order valence-corrected chi connectivity index (χ2v) is 6.86. The SMILES string of the molecule is Cc1cc(NC(=O)CCN2C(=O)NC3(CCCCCCC3)C2=O)no1. The molecule has 25 heavy (non-hydrogen) atoms. The van der Waals surface area contributed by atoms with Gasteiger partial charge in [-0.3, -0.25) is 14.5 Å². The molecule has 8 heteroatoms. The van der Waals surface area contributed by atoms with E-state index in [9.17, 15) is 14.4 Å². The average Bonchev–Trinajstić information content (AvgIpc) is 3.04. The van der Waals surface area contributed by atoms with Crippen LogP contribution < -0.4 is 10.6 Å². The van der Waals surface area contributed by atoms with Crippen molar-refractivity contribution in [3.63, 3.8) is 0 Å². The molecule has 2 N–H and O–H groups in total. The average molecular weight is 348 g/mol. The lowest BCUT2D eigenvalue weighted by Gasteiger charge is -2.28. The van der Waals surface area contributed by atoms with Crippen LogP contribution in [0.5, 0.6) is 0 Å². The third-order valence-electron chi connectivity index (χ3n) is 4.91. The molecule has 1 aromatic heterocycles.